The van der Waals surface area contributed by atoms with Gasteiger partial charge in [0.05, 0.1) is 0 Å². The molecule has 56 valence electrons. The van der Waals surface area contributed by atoms with Crippen molar-refractivity contribution in [3.63, 3.8) is 0 Å². The Morgan fingerprint density at radius 1 is 1.56 bits per heavy atom. The van der Waals surface area contributed by atoms with E-state index in [0.29, 0.717) is 13.0 Å². The lowest BCUT2D eigenvalue weighted by atomic mass is 10.3. The van der Waals surface area contributed by atoms with Crippen LogP contribution in [0, 0.1) is 0 Å². The van der Waals surface area contributed by atoms with E-state index in [4.69, 9.17) is 0 Å². The minimum Gasteiger partial charge on any atom is -0.264 e. The molecule has 0 spiro atoms. The van der Waals surface area contributed by atoms with E-state index in [-0.39, 0.29) is 6.42 Å². The highest BCUT2D eigenvalue weighted by Crippen LogP contribution is 2.01. The Hall–Kier alpha value is 0.170. The normalized spacial score (nSPS) is 10.7. The van der Waals surface area contributed by atoms with Gasteiger partial charge in [-0.25, -0.2) is 8.78 Å². The van der Waals surface area contributed by atoms with Crippen LogP contribution < -0.4 is 4.72 Å². The molecule has 0 heterocycles. The largest absolute Gasteiger partial charge is 0.264 e. The lowest BCUT2D eigenvalue weighted by Crippen LogP contribution is -2.05. The van der Waals surface area contributed by atoms with Crippen LogP contribution in [-0.2, 0) is 0 Å². The Bertz CT molecular complexity index is 60.9. The fourth-order valence-corrected chi connectivity index (χ4v) is 0.779. The molecule has 0 saturated heterocycles. The summed E-state index contributed by atoms with van der Waals surface area (Å²) in [7, 11) is 0. The van der Waals surface area contributed by atoms with Crippen molar-refractivity contribution in [2.24, 2.45) is 0 Å². The van der Waals surface area contributed by atoms with Crippen molar-refractivity contribution in [2.75, 3.05) is 12.8 Å². The summed E-state index contributed by atoms with van der Waals surface area (Å²) in [4.78, 5) is 0. The molecule has 0 aromatic heterocycles. The third-order valence-corrected chi connectivity index (χ3v) is 1.34. The van der Waals surface area contributed by atoms with Crippen molar-refractivity contribution < 1.29 is 8.78 Å². The van der Waals surface area contributed by atoms with Gasteiger partial charge in [-0.05, 0) is 12.7 Å². The summed E-state index contributed by atoms with van der Waals surface area (Å²) >= 11 is 1.46. The Labute approximate surface area is 58.3 Å². The van der Waals surface area contributed by atoms with Crippen molar-refractivity contribution in [3.05, 3.63) is 0 Å². The summed E-state index contributed by atoms with van der Waals surface area (Å²) in [6, 6.07) is 0. The summed E-state index contributed by atoms with van der Waals surface area (Å²) in [5.41, 5.74) is 0. The SMILES string of the molecule is CSNCCCC(F)F. The molecule has 1 N–H and O–H groups in total. The number of alkyl halides is 2. The molecule has 0 saturated carbocycles. The first-order valence-electron chi connectivity index (χ1n) is 2.81. The lowest BCUT2D eigenvalue weighted by molar-refractivity contribution is 0.135. The van der Waals surface area contributed by atoms with Gasteiger partial charge in [-0.3, -0.25) is 4.72 Å². The molecule has 0 aliphatic heterocycles. The van der Waals surface area contributed by atoms with Crippen LogP contribution in [0.25, 0.3) is 0 Å². The van der Waals surface area contributed by atoms with Crippen LogP contribution in [0.1, 0.15) is 12.8 Å². The van der Waals surface area contributed by atoms with Gasteiger partial charge in [0.15, 0.2) is 0 Å². The number of halogens is 2. The Balaban J connectivity index is 2.75. The first-order valence-corrected chi connectivity index (χ1v) is 4.04. The van der Waals surface area contributed by atoms with Crippen molar-refractivity contribution in [3.8, 4) is 0 Å². The molecule has 0 aromatic carbocycles. The standard InChI is InChI=1S/C5H11F2NS/c1-9-8-4-2-3-5(6)7/h5,8H,2-4H2,1H3. The van der Waals surface area contributed by atoms with Crippen molar-refractivity contribution in [2.45, 2.75) is 19.3 Å². The summed E-state index contributed by atoms with van der Waals surface area (Å²) in [6.07, 6.45) is 0.294. The second-order valence-corrected chi connectivity index (χ2v) is 2.33. The predicted octanol–water partition coefficient (Wildman–Crippen LogP) is 1.90. The monoisotopic (exact) mass is 155 g/mol. The van der Waals surface area contributed by atoms with Crippen molar-refractivity contribution >= 4 is 11.9 Å². The summed E-state index contributed by atoms with van der Waals surface area (Å²) in [5, 5.41) is 0. The van der Waals surface area contributed by atoms with Crippen LogP contribution >= 0.6 is 11.9 Å². The Kier molecular flexibility index (Phi) is 6.41. The fourth-order valence-electron chi connectivity index (χ4n) is 0.431. The summed E-state index contributed by atoms with van der Waals surface area (Å²) in [5.74, 6) is 0. The van der Waals surface area contributed by atoms with Gasteiger partial charge in [-0.2, -0.15) is 0 Å². The molecule has 0 rings (SSSR count). The minimum atomic E-state index is -2.14. The van der Waals surface area contributed by atoms with Gasteiger partial charge in [0.1, 0.15) is 0 Å². The molecule has 0 atom stereocenters. The number of hydrogen-bond acceptors (Lipinski definition) is 2. The second kappa shape index (κ2) is 6.29. The second-order valence-electron chi connectivity index (χ2n) is 1.63. The average molecular weight is 155 g/mol. The Morgan fingerprint density at radius 2 is 2.22 bits per heavy atom. The van der Waals surface area contributed by atoms with Gasteiger partial charge >= 0.3 is 0 Å². The molecule has 0 unspecified atom stereocenters. The zero-order valence-corrected chi connectivity index (χ0v) is 6.18. The molecule has 0 radical (unpaired) electrons. The Morgan fingerprint density at radius 3 is 2.67 bits per heavy atom. The number of nitrogens with one attached hydrogen (secondary N) is 1. The quantitative estimate of drug-likeness (QED) is 0.480. The molecule has 0 aliphatic carbocycles. The molecular formula is C5H11F2NS. The molecular weight excluding hydrogens is 144 g/mol. The van der Waals surface area contributed by atoms with Gasteiger partial charge in [0, 0.05) is 13.0 Å². The van der Waals surface area contributed by atoms with E-state index in [2.05, 4.69) is 4.72 Å². The van der Waals surface area contributed by atoms with Crippen LogP contribution in [0.3, 0.4) is 0 Å². The maximum atomic E-state index is 11.4. The van der Waals surface area contributed by atoms with Crippen LogP contribution in [0.15, 0.2) is 0 Å². The van der Waals surface area contributed by atoms with Crippen molar-refractivity contribution in [1.82, 2.24) is 4.72 Å². The van der Waals surface area contributed by atoms with E-state index in [1.807, 2.05) is 6.26 Å². The van der Waals surface area contributed by atoms with Gasteiger partial charge in [0.2, 0.25) is 6.43 Å². The van der Waals surface area contributed by atoms with Crippen LogP contribution in [0.5, 0.6) is 0 Å². The average Bonchev–Trinajstić information content (AvgIpc) is 1.80. The predicted molar refractivity (Wildman–Crippen MR) is 36.8 cm³/mol. The highest BCUT2D eigenvalue weighted by atomic mass is 32.2. The summed E-state index contributed by atoms with van der Waals surface area (Å²) < 4.78 is 25.7. The van der Waals surface area contributed by atoms with Crippen LogP contribution in [0.4, 0.5) is 8.78 Å². The van der Waals surface area contributed by atoms with Gasteiger partial charge in [0.25, 0.3) is 0 Å². The van der Waals surface area contributed by atoms with E-state index in [1.165, 1.54) is 11.9 Å². The smallest absolute Gasteiger partial charge is 0.238 e. The van der Waals surface area contributed by atoms with E-state index < -0.39 is 6.43 Å². The first kappa shape index (κ1) is 9.17. The third-order valence-electron chi connectivity index (χ3n) is 0.846. The topological polar surface area (TPSA) is 12.0 Å². The molecule has 0 aromatic rings. The number of hydrogen-bond donors (Lipinski definition) is 1. The van der Waals surface area contributed by atoms with Crippen LogP contribution in [0.2, 0.25) is 0 Å². The zero-order chi connectivity index (χ0) is 7.11. The van der Waals surface area contributed by atoms with Gasteiger partial charge in [-0.1, -0.05) is 11.9 Å². The van der Waals surface area contributed by atoms with Gasteiger partial charge in [-0.15, -0.1) is 0 Å². The maximum Gasteiger partial charge on any atom is 0.238 e. The molecule has 1 nitrogen and oxygen atoms in total. The molecule has 9 heavy (non-hydrogen) atoms. The zero-order valence-electron chi connectivity index (χ0n) is 5.36. The van der Waals surface area contributed by atoms with E-state index in [9.17, 15) is 8.78 Å². The maximum absolute atomic E-state index is 11.4. The third kappa shape index (κ3) is 8.17. The van der Waals surface area contributed by atoms with Crippen molar-refractivity contribution in [1.29, 1.82) is 0 Å². The molecule has 0 fully saturated rings. The van der Waals surface area contributed by atoms with E-state index in [1.54, 1.807) is 0 Å². The van der Waals surface area contributed by atoms with E-state index >= 15 is 0 Å². The first-order chi connectivity index (χ1) is 4.27. The van der Waals surface area contributed by atoms with Crippen LogP contribution in [-0.4, -0.2) is 19.2 Å². The van der Waals surface area contributed by atoms with Gasteiger partial charge < -0.3 is 0 Å². The molecule has 0 aliphatic rings. The fraction of sp³-hybridized carbons (Fsp3) is 1.00. The number of rotatable bonds is 5. The molecule has 0 bridgehead atoms. The summed E-state index contributed by atoms with van der Waals surface area (Å²) in [6.45, 7) is 0.672. The van der Waals surface area contributed by atoms with E-state index in [0.717, 1.165) is 0 Å². The highest BCUT2D eigenvalue weighted by Gasteiger charge is 1.99. The molecule has 4 heteroatoms. The highest BCUT2D eigenvalue weighted by molar-refractivity contribution is 7.96. The molecule has 0 amide bonds. The minimum absolute atomic E-state index is 0.00750. The lowest BCUT2D eigenvalue weighted by Gasteiger charge is -1.98.